The molecule has 1 unspecified atom stereocenters. The molecule has 0 amide bonds. The summed E-state index contributed by atoms with van der Waals surface area (Å²) in [5, 5.41) is 4.37. The first kappa shape index (κ1) is 27.5. The van der Waals surface area contributed by atoms with Crippen molar-refractivity contribution in [1.82, 2.24) is 9.13 Å². The van der Waals surface area contributed by atoms with Crippen molar-refractivity contribution in [3.63, 3.8) is 0 Å². The van der Waals surface area contributed by atoms with Crippen molar-refractivity contribution in [3.8, 4) is 0 Å². The van der Waals surface area contributed by atoms with Crippen molar-refractivity contribution >= 4 is 34.2 Å². The molecule has 36 heavy (non-hydrogen) atoms. The number of hydrogen-bond donors (Lipinski definition) is 1. The first-order chi connectivity index (χ1) is 17.2. The highest BCUT2D eigenvalue weighted by Gasteiger charge is 2.18. The Bertz CT molecular complexity index is 1300. The molecule has 0 saturated carbocycles. The largest absolute Gasteiger partial charge is 0.465 e. The number of rotatable bonds is 12. The van der Waals surface area contributed by atoms with E-state index in [1.165, 1.54) is 4.57 Å². The Kier molecular flexibility index (Phi) is 9.73. The highest BCUT2D eigenvalue weighted by molar-refractivity contribution is 6.30. The van der Waals surface area contributed by atoms with Crippen LogP contribution in [0.5, 0.6) is 0 Å². The minimum atomic E-state index is -0.641. The van der Waals surface area contributed by atoms with E-state index in [1.54, 1.807) is 31.2 Å². The molecule has 2 aromatic carbocycles. The van der Waals surface area contributed by atoms with Crippen LogP contribution in [0.2, 0.25) is 5.02 Å². The van der Waals surface area contributed by atoms with Crippen LogP contribution in [0.25, 0.3) is 10.9 Å². The van der Waals surface area contributed by atoms with Gasteiger partial charge in [0.1, 0.15) is 6.54 Å². The lowest BCUT2D eigenvalue weighted by Gasteiger charge is -2.21. The van der Waals surface area contributed by atoms with Gasteiger partial charge in [-0.15, -0.1) is 0 Å². The molecule has 0 saturated heterocycles. The number of nitrogens with zero attached hydrogens (tertiary/aromatic N) is 2. The molecule has 1 aromatic heterocycles. The number of carbonyl (C=O) groups excluding carboxylic acids is 1. The third-order valence-corrected chi connectivity index (χ3v) is 5.96. The van der Waals surface area contributed by atoms with Gasteiger partial charge in [-0.05, 0) is 63.1 Å². The number of nitrogens with one attached hydrogen (secondary N) is 1. The maximum atomic E-state index is 13.4. The maximum Gasteiger partial charge on any atom is 0.332 e. The molecule has 0 bridgehead atoms. The zero-order valence-electron chi connectivity index (χ0n) is 21.3. The lowest BCUT2D eigenvalue weighted by molar-refractivity contribution is -0.143. The van der Waals surface area contributed by atoms with Crippen LogP contribution in [-0.2, 0) is 27.4 Å². The highest BCUT2D eigenvalue weighted by Crippen LogP contribution is 2.19. The van der Waals surface area contributed by atoms with Gasteiger partial charge in [0, 0.05) is 16.8 Å². The van der Waals surface area contributed by atoms with Crippen LogP contribution in [0.15, 0.2) is 52.1 Å². The quantitative estimate of drug-likeness (QED) is 0.359. The van der Waals surface area contributed by atoms with Crippen LogP contribution < -0.4 is 16.6 Å². The number of anilines is 1. The average Bonchev–Trinajstić information content (AvgIpc) is 2.84. The van der Waals surface area contributed by atoms with Crippen molar-refractivity contribution in [2.45, 2.75) is 65.8 Å². The Morgan fingerprint density at radius 1 is 1.06 bits per heavy atom. The van der Waals surface area contributed by atoms with E-state index < -0.39 is 23.8 Å². The van der Waals surface area contributed by atoms with Gasteiger partial charge in [0.2, 0.25) is 0 Å². The molecule has 8 nitrogen and oxygen atoms in total. The predicted molar refractivity (Wildman–Crippen MR) is 143 cm³/mol. The second kappa shape index (κ2) is 12.7. The topological polar surface area (TPSA) is 91.6 Å². The molecule has 1 N–H and O–H groups in total. The van der Waals surface area contributed by atoms with E-state index in [0.717, 1.165) is 28.7 Å². The fourth-order valence-corrected chi connectivity index (χ4v) is 4.13. The Labute approximate surface area is 215 Å². The van der Waals surface area contributed by atoms with Crippen LogP contribution >= 0.6 is 11.6 Å². The van der Waals surface area contributed by atoms with Crippen LogP contribution in [0, 0.1) is 0 Å². The van der Waals surface area contributed by atoms with Crippen molar-refractivity contribution < 1.29 is 14.3 Å². The molecule has 0 aliphatic carbocycles. The number of esters is 1. The van der Waals surface area contributed by atoms with E-state index in [1.807, 2.05) is 32.0 Å². The van der Waals surface area contributed by atoms with Gasteiger partial charge < -0.3 is 14.8 Å². The summed E-state index contributed by atoms with van der Waals surface area (Å²) in [4.78, 5) is 39.0. The maximum absolute atomic E-state index is 13.4. The van der Waals surface area contributed by atoms with E-state index in [9.17, 15) is 14.4 Å². The number of fused-ring (bicyclic) bond motifs is 1. The summed E-state index contributed by atoms with van der Waals surface area (Å²) in [5.41, 5.74) is 0.941. The molecule has 3 rings (SSSR count). The molecule has 3 aromatic rings. The summed E-state index contributed by atoms with van der Waals surface area (Å²) in [5.74, 6) is -0.641. The monoisotopic (exact) mass is 515 g/mol. The van der Waals surface area contributed by atoms with E-state index in [-0.39, 0.29) is 25.3 Å². The number of ether oxygens (including phenoxy) is 2. The van der Waals surface area contributed by atoms with Gasteiger partial charge >= 0.3 is 11.7 Å². The summed E-state index contributed by atoms with van der Waals surface area (Å²) >= 11 is 6.01. The second-order valence-corrected chi connectivity index (χ2v) is 9.37. The lowest BCUT2D eigenvalue weighted by Crippen LogP contribution is -2.42. The SMILES string of the molecule is CCCC(COC(C)C)Nc1ccc2c(c1)c(=O)n(CC(=O)OCC)c(=O)n2Cc1ccc(Cl)cc1. The van der Waals surface area contributed by atoms with Gasteiger partial charge in [0.15, 0.2) is 0 Å². The Balaban J connectivity index is 2.09. The van der Waals surface area contributed by atoms with Crippen LogP contribution in [-0.4, -0.2) is 40.5 Å². The fraction of sp³-hybridized carbons (Fsp3) is 0.444. The van der Waals surface area contributed by atoms with Crippen molar-refractivity contribution in [1.29, 1.82) is 0 Å². The van der Waals surface area contributed by atoms with Crippen LogP contribution in [0.4, 0.5) is 5.69 Å². The third-order valence-electron chi connectivity index (χ3n) is 5.71. The minimum Gasteiger partial charge on any atom is -0.465 e. The Morgan fingerprint density at radius 2 is 1.78 bits per heavy atom. The first-order valence-corrected chi connectivity index (χ1v) is 12.7. The standard InChI is InChI=1S/C27H34ClN3O5/c1-5-7-22(17-36-18(3)4)29-21-12-13-24-23(14-21)26(33)31(16-25(32)35-6-2)27(34)30(24)15-19-8-10-20(28)11-9-19/h8-14,18,22,29H,5-7,15-17H2,1-4H3. The zero-order valence-corrected chi connectivity index (χ0v) is 22.0. The second-order valence-electron chi connectivity index (χ2n) is 8.94. The molecule has 0 aliphatic heterocycles. The molecule has 0 radical (unpaired) electrons. The Hall–Kier alpha value is -3.10. The number of halogens is 1. The van der Waals surface area contributed by atoms with Gasteiger partial charge in [-0.3, -0.25) is 14.2 Å². The minimum absolute atomic E-state index is 0.0663. The number of benzene rings is 2. The molecule has 0 fully saturated rings. The molecule has 194 valence electrons. The van der Waals surface area contributed by atoms with Gasteiger partial charge in [-0.25, -0.2) is 9.36 Å². The Morgan fingerprint density at radius 3 is 2.42 bits per heavy atom. The van der Waals surface area contributed by atoms with E-state index in [4.69, 9.17) is 21.1 Å². The summed E-state index contributed by atoms with van der Waals surface area (Å²) in [7, 11) is 0. The molecule has 9 heteroatoms. The zero-order chi connectivity index (χ0) is 26.2. The first-order valence-electron chi connectivity index (χ1n) is 12.3. The predicted octanol–water partition coefficient (Wildman–Crippen LogP) is 4.43. The van der Waals surface area contributed by atoms with E-state index in [0.29, 0.717) is 22.5 Å². The summed E-state index contributed by atoms with van der Waals surface area (Å²) in [6, 6.07) is 12.5. The molecule has 0 aliphatic rings. The highest BCUT2D eigenvalue weighted by atomic mass is 35.5. The van der Waals surface area contributed by atoms with Crippen molar-refractivity contribution in [3.05, 3.63) is 73.9 Å². The summed E-state index contributed by atoms with van der Waals surface area (Å²) < 4.78 is 13.2. The van der Waals surface area contributed by atoms with Crippen LogP contribution in [0.1, 0.15) is 46.1 Å². The normalized spacial score (nSPS) is 12.2. The number of carbonyl (C=O) groups is 1. The lowest BCUT2D eigenvalue weighted by atomic mass is 10.1. The molecule has 1 atom stereocenters. The van der Waals surface area contributed by atoms with Gasteiger partial charge in [-0.1, -0.05) is 37.1 Å². The average molecular weight is 516 g/mol. The summed E-state index contributed by atoms with van der Waals surface area (Å²) in [6.07, 6.45) is 1.98. The molecular weight excluding hydrogens is 482 g/mol. The van der Waals surface area contributed by atoms with E-state index in [2.05, 4.69) is 12.2 Å². The number of aromatic nitrogens is 2. The smallest absolute Gasteiger partial charge is 0.332 e. The molecular formula is C27H34ClN3O5. The molecule has 1 heterocycles. The van der Waals surface area contributed by atoms with Crippen LogP contribution in [0.3, 0.4) is 0 Å². The van der Waals surface area contributed by atoms with Crippen molar-refractivity contribution in [2.24, 2.45) is 0 Å². The van der Waals surface area contributed by atoms with Gasteiger partial charge in [0.25, 0.3) is 5.56 Å². The molecule has 0 spiro atoms. The number of hydrogen-bond acceptors (Lipinski definition) is 6. The third kappa shape index (κ3) is 6.98. The van der Waals surface area contributed by atoms with Gasteiger partial charge in [-0.2, -0.15) is 0 Å². The fourth-order valence-electron chi connectivity index (χ4n) is 4.00. The van der Waals surface area contributed by atoms with Crippen molar-refractivity contribution in [2.75, 3.05) is 18.5 Å². The van der Waals surface area contributed by atoms with E-state index >= 15 is 0 Å². The van der Waals surface area contributed by atoms with Gasteiger partial charge in [0.05, 0.1) is 36.8 Å². The summed E-state index contributed by atoms with van der Waals surface area (Å²) in [6.45, 7) is 8.21.